The monoisotopic (exact) mass is 425 g/mol. The molecule has 3 rings (SSSR count). The third kappa shape index (κ3) is 5.86. The Balaban J connectivity index is 1.44. The number of carbonyl (C=O) groups excluding carboxylic acids is 2. The molecule has 1 N–H and O–H groups in total. The predicted molar refractivity (Wildman–Crippen MR) is 124 cm³/mol. The van der Waals surface area contributed by atoms with Crippen molar-refractivity contribution in [3.8, 4) is 0 Å². The van der Waals surface area contributed by atoms with Crippen molar-refractivity contribution in [2.75, 3.05) is 43.8 Å². The molecule has 0 atom stereocenters. The number of para-hydroxylation sites is 1. The number of amides is 2. The highest BCUT2D eigenvalue weighted by Gasteiger charge is 2.23. The number of nitrogens with one attached hydrogen (secondary N) is 1. The predicted octanol–water partition coefficient (Wildman–Crippen LogP) is 3.80. The van der Waals surface area contributed by atoms with Gasteiger partial charge in [0, 0.05) is 36.8 Å². The van der Waals surface area contributed by atoms with E-state index in [1.807, 2.05) is 36.9 Å². The van der Waals surface area contributed by atoms with Gasteiger partial charge in [0.1, 0.15) is 0 Å². The van der Waals surface area contributed by atoms with Crippen LogP contribution in [0.1, 0.15) is 22.3 Å². The van der Waals surface area contributed by atoms with E-state index in [0.29, 0.717) is 25.4 Å². The highest BCUT2D eigenvalue weighted by atomic mass is 32.2. The van der Waals surface area contributed by atoms with Crippen molar-refractivity contribution in [1.29, 1.82) is 0 Å². The Hall–Kier alpha value is -2.31. The molecule has 1 heterocycles. The number of anilines is 1. The second-order valence-electron chi connectivity index (χ2n) is 8.03. The molecule has 0 bridgehead atoms. The van der Waals surface area contributed by atoms with Gasteiger partial charge in [0.2, 0.25) is 11.8 Å². The maximum Gasteiger partial charge on any atom is 0.238 e. The molecule has 2 aromatic rings. The van der Waals surface area contributed by atoms with Gasteiger partial charge in [-0.15, -0.1) is 11.8 Å². The molecule has 0 saturated carbocycles. The lowest BCUT2D eigenvalue weighted by molar-refractivity contribution is -0.130. The minimum atomic E-state index is -0.00224. The zero-order valence-electron chi connectivity index (χ0n) is 18.3. The molecule has 1 saturated heterocycles. The summed E-state index contributed by atoms with van der Waals surface area (Å²) >= 11 is 1.60. The fraction of sp³-hybridized carbons (Fsp3) is 0.417. The van der Waals surface area contributed by atoms with Crippen molar-refractivity contribution in [1.82, 2.24) is 9.80 Å². The Labute approximate surface area is 183 Å². The van der Waals surface area contributed by atoms with Gasteiger partial charge in [-0.25, -0.2) is 0 Å². The van der Waals surface area contributed by atoms with Crippen LogP contribution < -0.4 is 5.32 Å². The van der Waals surface area contributed by atoms with Gasteiger partial charge in [-0.2, -0.15) is 0 Å². The van der Waals surface area contributed by atoms with E-state index in [-0.39, 0.29) is 11.8 Å². The van der Waals surface area contributed by atoms with Crippen molar-refractivity contribution in [3.05, 3.63) is 58.7 Å². The molecule has 0 unspecified atom stereocenters. The van der Waals surface area contributed by atoms with Gasteiger partial charge in [0.25, 0.3) is 0 Å². The van der Waals surface area contributed by atoms with Gasteiger partial charge in [-0.3, -0.25) is 14.5 Å². The largest absolute Gasteiger partial charge is 0.339 e. The van der Waals surface area contributed by atoms with Gasteiger partial charge in [0.15, 0.2) is 0 Å². The molecule has 2 aromatic carbocycles. The molecule has 1 fully saturated rings. The summed E-state index contributed by atoms with van der Waals surface area (Å²) in [5.74, 6) is 0.619. The van der Waals surface area contributed by atoms with E-state index in [1.165, 1.54) is 11.1 Å². The van der Waals surface area contributed by atoms with Crippen LogP contribution in [0.25, 0.3) is 0 Å². The number of aryl methyl sites for hydroxylation is 4. The summed E-state index contributed by atoms with van der Waals surface area (Å²) < 4.78 is 0. The lowest BCUT2D eigenvalue weighted by atomic mass is 10.1. The summed E-state index contributed by atoms with van der Waals surface area (Å²) in [5, 5.41) is 3.04. The number of benzene rings is 2. The van der Waals surface area contributed by atoms with E-state index in [9.17, 15) is 9.59 Å². The Kier molecular flexibility index (Phi) is 7.56. The number of thioether (sulfide) groups is 1. The van der Waals surface area contributed by atoms with Crippen molar-refractivity contribution < 1.29 is 9.59 Å². The zero-order valence-corrected chi connectivity index (χ0v) is 19.1. The second kappa shape index (κ2) is 10.1. The molecule has 0 aromatic heterocycles. The minimum absolute atomic E-state index is 0.00224. The standard InChI is InChI=1S/C24H31N3O2S/c1-17-8-9-21(20(4)14-17)30-16-23(29)27-12-10-26(11-13-27)15-22(28)25-24-18(2)6-5-7-19(24)3/h5-9,14H,10-13,15-16H2,1-4H3,(H,25,28). The summed E-state index contributed by atoms with van der Waals surface area (Å²) in [6.45, 7) is 11.3. The molecule has 6 heteroatoms. The maximum absolute atomic E-state index is 12.6. The Morgan fingerprint density at radius 3 is 2.23 bits per heavy atom. The highest BCUT2D eigenvalue weighted by molar-refractivity contribution is 8.00. The van der Waals surface area contributed by atoms with Gasteiger partial charge in [-0.1, -0.05) is 35.9 Å². The highest BCUT2D eigenvalue weighted by Crippen LogP contribution is 2.24. The van der Waals surface area contributed by atoms with E-state index < -0.39 is 0 Å². The lowest BCUT2D eigenvalue weighted by Crippen LogP contribution is -2.50. The number of piperazine rings is 1. The van der Waals surface area contributed by atoms with Crippen molar-refractivity contribution in [2.24, 2.45) is 0 Å². The smallest absolute Gasteiger partial charge is 0.238 e. The SMILES string of the molecule is Cc1ccc(SCC(=O)N2CCN(CC(=O)Nc3c(C)cccc3C)CC2)c(C)c1. The van der Waals surface area contributed by atoms with E-state index in [4.69, 9.17) is 0 Å². The molecule has 0 spiro atoms. The van der Waals surface area contributed by atoms with Crippen LogP contribution >= 0.6 is 11.8 Å². The van der Waals surface area contributed by atoms with Crippen LogP contribution in [0.3, 0.4) is 0 Å². The Morgan fingerprint density at radius 1 is 0.933 bits per heavy atom. The van der Waals surface area contributed by atoms with Crippen molar-refractivity contribution in [2.45, 2.75) is 32.6 Å². The molecule has 1 aliphatic heterocycles. The van der Waals surface area contributed by atoms with Crippen molar-refractivity contribution in [3.63, 3.8) is 0 Å². The molecule has 0 radical (unpaired) electrons. The molecular weight excluding hydrogens is 394 g/mol. The van der Waals surface area contributed by atoms with Crippen LogP contribution in [-0.2, 0) is 9.59 Å². The number of hydrogen-bond donors (Lipinski definition) is 1. The average molecular weight is 426 g/mol. The van der Waals surface area contributed by atoms with Gasteiger partial charge < -0.3 is 10.2 Å². The van der Waals surface area contributed by atoms with Crippen LogP contribution in [0.2, 0.25) is 0 Å². The van der Waals surface area contributed by atoms with Crippen LogP contribution in [0.4, 0.5) is 5.69 Å². The Bertz CT molecular complexity index is 900. The first-order chi connectivity index (χ1) is 14.3. The van der Waals surface area contributed by atoms with Crippen LogP contribution in [0.15, 0.2) is 41.3 Å². The summed E-state index contributed by atoms with van der Waals surface area (Å²) in [5.41, 5.74) is 5.49. The lowest BCUT2D eigenvalue weighted by Gasteiger charge is -2.34. The summed E-state index contributed by atoms with van der Waals surface area (Å²) in [6, 6.07) is 12.3. The van der Waals surface area contributed by atoms with Crippen molar-refractivity contribution >= 4 is 29.3 Å². The second-order valence-corrected chi connectivity index (χ2v) is 9.05. The molecule has 5 nitrogen and oxygen atoms in total. The first-order valence-electron chi connectivity index (χ1n) is 10.4. The van der Waals surface area contributed by atoms with Crippen LogP contribution in [0, 0.1) is 27.7 Å². The van der Waals surface area contributed by atoms with Gasteiger partial charge in [0.05, 0.1) is 12.3 Å². The third-order valence-corrected chi connectivity index (χ3v) is 6.68. The first kappa shape index (κ1) is 22.4. The fourth-order valence-corrected chi connectivity index (χ4v) is 4.65. The van der Waals surface area contributed by atoms with Crippen LogP contribution in [0.5, 0.6) is 0 Å². The number of nitrogens with zero attached hydrogens (tertiary/aromatic N) is 2. The molecular formula is C24H31N3O2S. The number of rotatable bonds is 6. The molecule has 2 amide bonds. The zero-order chi connectivity index (χ0) is 21.7. The maximum atomic E-state index is 12.6. The number of carbonyl (C=O) groups is 2. The third-order valence-electron chi connectivity index (χ3n) is 5.52. The number of hydrogen-bond acceptors (Lipinski definition) is 4. The fourth-order valence-electron chi connectivity index (χ4n) is 3.74. The first-order valence-corrected chi connectivity index (χ1v) is 11.4. The van der Waals surface area contributed by atoms with E-state index in [2.05, 4.69) is 42.3 Å². The Morgan fingerprint density at radius 2 is 1.60 bits per heavy atom. The normalized spacial score (nSPS) is 14.6. The molecule has 160 valence electrons. The van der Waals surface area contributed by atoms with Gasteiger partial charge in [-0.05, 0) is 50.5 Å². The van der Waals surface area contributed by atoms with E-state index in [0.717, 1.165) is 34.8 Å². The summed E-state index contributed by atoms with van der Waals surface area (Å²) in [4.78, 5) is 30.3. The summed E-state index contributed by atoms with van der Waals surface area (Å²) in [6.07, 6.45) is 0. The quantitative estimate of drug-likeness (QED) is 0.716. The topological polar surface area (TPSA) is 52.7 Å². The minimum Gasteiger partial charge on any atom is -0.339 e. The summed E-state index contributed by atoms with van der Waals surface area (Å²) in [7, 11) is 0. The molecule has 30 heavy (non-hydrogen) atoms. The molecule has 1 aliphatic rings. The van der Waals surface area contributed by atoms with E-state index in [1.54, 1.807) is 11.8 Å². The van der Waals surface area contributed by atoms with Gasteiger partial charge >= 0.3 is 0 Å². The van der Waals surface area contributed by atoms with Crippen LogP contribution in [-0.4, -0.2) is 60.1 Å². The average Bonchev–Trinajstić information content (AvgIpc) is 2.70. The van der Waals surface area contributed by atoms with E-state index >= 15 is 0 Å². The molecule has 0 aliphatic carbocycles.